The van der Waals surface area contributed by atoms with Gasteiger partial charge in [-0.2, -0.15) is 12.6 Å². The van der Waals surface area contributed by atoms with Gasteiger partial charge >= 0.3 is 5.97 Å². The number of thiol groups is 1. The maximum absolute atomic E-state index is 12.7. The Hall–Kier alpha value is -1.85. The number of amides is 3. The number of rotatable bonds is 15. The third-order valence-corrected chi connectivity index (χ3v) is 5.51. The molecule has 0 aromatic heterocycles. The molecule has 0 aromatic rings. The van der Waals surface area contributed by atoms with Crippen molar-refractivity contribution in [1.82, 2.24) is 16.0 Å². The smallest absolute Gasteiger partial charge is 0.326 e. The molecule has 180 valence electrons. The SMILES string of the molecule is CCC(C)C(NC(=O)C(NC(=O)C(CS)NC(=O)C(N)CCCCN)C(C)C)C(=O)O. The number of aliphatic carboxylic acids is 1. The van der Waals surface area contributed by atoms with Crippen molar-refractivity contribution >= 4 is 36.3 Å². The van der Waals surface area contributed by atoms with Crippen LogP contribution < -0.4 is 27.4 Å². The summed E-state index contributed by atoms with van der Waals surface area (Å²) in [6.45, 7) is 7.52. The van der Waals surface area contributed by atoms with Gasteiger partial charge in [-0.05, 0) is 31.2 Å². The van der Waals surface area contributed by atoms with E-state index < -0.39 is 47.9 Å². The van der Waals surface area contributed by atoms with Crippen LogP contribution in [0.2, 0.25) is 0 Å². The summed E-state index contributed by atoms with van der Waals surface area (Å²) in [4.78, 5) is 49.2. The largest absolute Gasteiger partial charge is 0.480 e. The van der Waals surface area contributed by atoms with Crippen LogP contribution >= 0.6 is 12.6 Å². The van der Waals surface area contributed by atoms with Gasteiger partial charge in [0.15, 0.2) is 0 Å². The molecule has 31 heavy (non-hydrogen) atoms. The molecule has 0 saturated carbocycles. The van der Waals surface area contributed by atoms with E-state index in [-0.39, 0.29) is 17.6 Å². The van der Waals surface area contributed by atoms with E-state index in [4.69, 9.17) is 11.5 Å². The predicted octanol–water partition coefficient (Wildman–Crippen LogP) is -0.386. The lowest BCUT2D eigenvalue weighted by atomic mass is 9.97. The number of nitrogens with two attached hydrogens (primary N) is 2. The van der Waals surface area contributed by atoms with E-state index in [0.717, 1.165) is 6.42 Å². The Labute approximate surface area is 190 Å². The number of hydrogen-bond acceptors (Lipinski definition) is 7. The highest BCUT2D eigenvalue weighted by Gasteiger charge is 2.32. The van der Waals surface area contributed by atoms with Crippen molar-refractivity contribution in [3.63, 3.8) is 0 Å². The lowest BCUT2D eigenvalue weighted by Gasteiger charge is -2.28. The Morgan fingerprint density at radius 3 is 1.97 bits per heavy atom. The first-order valence-electron chi connectivity index (χ1n) is 10.7. The van der Waals surface area contributed by atoms with Crippen LogP contribution in [-0.4, -0.2) is 65.3 Å². The van der Waals surface area contributed by atoms with Crippen LogP contribution in [-0.2, 0) is 19.2 Å². The molecule has 5 unspecified atom stereocenters. The number of hydrogen-bond donors (Lipinski definition) is 7. The number of carboxylic acids is 1. The standard InChI is InChI=1S/C20H39N5O5S/c1-5-12(4)16(20(29)30)25-19(28)15(11(2)3)24-18(27)14(10-31)23-17(26)13(22)8-6-7-9-21/h11-16,31H,5-10,21-22H2,1-4H3,(H,23,26)(H,24,27)(H,25,28)(H,29,30). The van der Waals surface area contributed by atoms with E-state index in [0.29, 0.717) is 25.8 Å². The van der Waals surface area contributed by atoms with Gasteiger partial charge in [-0.15, -0.1) is 0 Å². The molecule has 0 aliphatic carbocycles. The average molecular weight is 462 g/mol. The minimum atomic E-state index is -1.14. The minimum Gasteiger partial charge on any atom is -0.480 e. The first-order chi connectivity index (χ1) is 14.5. The fourth-order valence-electron chi connectivity index (χ4n) is 2.83. The Morgan fingerprint density at radius 2 is 1.52 bits per heavy atom. The summed E-state index contributed by atoms with van der Waals surface area (Å²) >= 11 is 4.12. The highest BCUT2D eigenvalue weighted by atomic mass is 32.1. The second kappa shape index (κ2) is 15.0. The van der Waals surface area contributed by atoms with E-state index in [1.807, 2.05) is 6.92 Å². The van der Waals surface area contributed by atoms with Crippen molar-refractivity contribution in [3.05, 3.63) is 0 Å². The highest BCUT2D eigenvalue weighted by Crippen LogP contribution is 2.10. The molecule has 0 radical (unpaired) electrons. The van der Waals surface area contributed by atoms with E-state index in [1.165, 1.54) is 0 Å². The topological polar surface area (TPSA) is 177 Å². The van der Waals surface area contributed by atoms with Crippen LogP contribution in [0.5, 0.6) is 0 Å². The molecule has 8 N–H and O–H groups in total. The first kappa shape index (κ1) is 29.1. The molecular formula is C20H39N5O5S. The van der Waals surface area contributed by atoms with Crippen molar-refractivity contribution in [3.8, 4) is 0 Å². The average Bonchev–Trinajstić information content (AvgIpc) is 2.72. The van der Waals surface area contributed by atoms with Crippen molar-refractivity contribution in [2.75, 3.05) is 12.3 Å². The van der Waals surface area contributed by atoms with Crippen LogP contribution in [0.4, 0.5) is 0 Å². The molecule has 0 aliphatic rings. The maximum Gasteiger partial charge on any atom is 0.326 e. The van der Waals surface area contributed by atoms with Crippen molar-refractivity contribution in [1.29, 1.82) is 0 Å². The number of nitrogens with one attached hydrogen (secondary N) is 3. The van der Waals surface area contributed by atoms with Gasteiger partial charge in [0.25, 0.3) is 0 Å². The fourth-order valence-corrected chi connectivity index (χ4v) is 3.08. The maximum atomic E-state index is 12.7. The highest BCUT2D eigenvalue weighted by molar-refractivity contribution is 7.80. The Morgan fingerprint density at radius 1 is 0.935 bits per heavy atom. The summed E-state index contributed by atoms with van der Waals surface area (Å²) in [7, 11) is 0. The molecule has 5 atom stereocenters. The Balaban J connectivity index is 5.12. The summed E-state index contributed by atoms with van der Waals surface area (Å²) in [6, 6.07) is -3.81. The number of carboxylic acid groups (broad SMARTS) is 1. The molecule has 0 aliphatic heterocycles. The van der Waals surface area contributed by atoms with Gasteiger partial charge in [0.2, 0.25) is 17.7 Å². The zero-order valence-corrected chi connectivity index (χ0v) is 19.8. The van der Waals surface area contributed by atoms with Crippen LogP contribution in [0.3, 0.4) is 0 Å². The van der Waals surface area contributed by atoms with Crippen molar-refractivity contribution < 1.29 is 24.3 Å². The molecule has 0 spiro atoms. The van der Waals surface area contributed by atoms with Crippen molar-refractivity contribution in [2.24, 2.45) is 23.3 Å². The van der Waals surface area contributed by atoms with Crippen molar-refractivity contribution in [2.45, 2.75) is 77.5 Å². The minimum absolute atomic E-state index is 0.00411. The summed E-state index contributed by atoms with van der Waals surface area (Å²) in [6.07, 6.45) is 2.44. The third kappa shape index (κ3) is 10.3. The monoisotopic (exact) mass is 461 g/mol. The van der Waals surface area contributed by atoms with Gasteiger partial charge in [-0.3, -0.25) is 14.4 Å². The van der Waals surface area contributed by atoms with Gasteiger partial charge in [0.1, 0.15) is 18.1 Å². The number of unbranched alkanes of at least 4 members (excludes halogenated alkanes) is 1. The normalized spacial score (nSPS) is 16.0. The Bertz CT molecular complexity index is 605. The second-order valence-corrected chi connectivity index (χ2v) is 8.44. The molecule has 0 bridgehead atoms. The lowest BCUT2D eigenvalue weighted by Crippen LogP contribution is -2.59. The predicted molar refractivity (Wildman–Crippen MR) is 122 cm³/mol. The molecule has 0 heterocycles. The third-order valence-electron chi connectivity index (χ3n) is 5.15. The van der Waals surface area contributed by atoms with E-state index >= 15 is 0 Å². The quantitative estimate of drug-likeness (QED) is 0.128. The second-order valence-electron chi connectivity index (χ2n) is 8.08. The first-order valence-corrected chi connectivity index (χ1v) is 11.3. The van der Waals surface area contributed by atoms with Gasteiger partial charge in [0.05, 0.1) is 6.04 Å². The van der Waals surface area contributed by atoms with E-state index in [9.17, 15) is 24.3 Å². The molecule has 3 amide bonds. The van der Waals surface area contributed by atoms with E-state index in [1.54, 1.807) is 20.8 Å². The van der Waals surface area contributed by atoms with Crippen LogP contribution in [0.15, 0.2) is 0 Å². The van der Waals surface area contributed by atoms with Gasteiger partial charge < -0.3 is 32.5 Å². The molecule has 0 saturated heterocycles. The Kier molecular flexibility index (Phi) is 14.1. The zero-order chi connectivity index (χ0) is 24.1. The van der Waals surface area contributed by atoms with Gasteiger partial charge in [-0.25, -0.2) is 4.79 Å². The van der Waals surface area contributed by atoms with Gasteiger partial charge in [-0.1, -0.05) is 40.5 Å². The fraction of sp³-hybridized carbons (Fsp3) is 0.800. The summed E-state index contributed by atoms with van der Waals surface area (Å²) in [5.41, 5.74) is 11.3. The molecule has 11 heteroatoms. The van der Waals surface area contributed by atoms with E-state index in [2.05, 4.69) is 28.6 Å². The summed E-state index contributed by atoms with van der Waals surface area (Å²) < 4.78 is 0. The van der Waals surface area contributed by atoms with Gasteiger partial charge in [0, 0.05) is 5.75 Å². The number of carbonyl (C=O) groups excluding carboxylic acids is 3. The molecule has 0 fully saturated rings. The molecule has 10 nitrogen and oxygen atoms in total. The van der Waals surface area contributed by atoms with Crippen LogP contribution in [0.25, 0.3) is 0 Å². The molecular weight excluding hydrogens is 422 g/mol. The van der Waals surface area contributed by atoms with Crippen LogP contribution in [0.1, 0.15) is 53.4 Å². The summed E-state index contributed by atoms with van der Waals surface area (Å²) in [5, 5.41) is 17.1. The summed E-state index contributed by atoms with van der Waals surface area (Å²) in [5.74, 6) is -3.41. The lowest BCUT2D eigenvalue weighted by molar-refractivity contribution is -0.144. The van der Waals surface area contributed by atoms with Crippen LogP contribution in [0, 0.1) is 11.8 Å². The number of carbonyl (C=O) groups is 4. The molecule has 0 rings (SSSR count). The zero-order valence-electron chi connectivity index (χ0n) is 18.9. The molecule has 0 aromatic carbocycles.